The Labute approximate surface area is 207 Å². The fourth-order valence-corrected chi connectivity index (χ4v) is 3.92. The van der Waals surface area contributed by atoms with E-state index in [4.69, 9.17) is 4.74 Å². The van der Waals surface area contributed by atoms with Crippen molar-refractivity contribution in [3.05, 3.63) is 89.0 Å². The molecule has 0 bridgehead atoms. The highest BCUT2D eigenvalue weighted by Gasteiger charge is 2.35. The highest BCUT2D eigenvalue weighted by atomic mass is 19.4. The monoisotopic (exact) mass is 500 g/mol. The van der Waals surface area contributed by atoms with Gasteiger partial charge in [-0.2, -0.15) is 13.2 Å². The molecule has 0 fully saturated rings. The normalized spacial score (nSPS) is 11.1. The van der Waals surface area contributed by atoms with Gasteiger partial charge in [-0.25, -0.2) is 4.79 Å². The minimum Gasteiger partial charge on any atom is -0.496 e. The largest absolute Gasteiger partial charge is 0.496 e. The highest BCUT2D eigenvalue weighted by molar-refractivity contribution is 5.79. The number of urea groups is 1. The molecule has 3 aromatic carbocycles. The van der Waals surface area contributed by atoms with Crippen molar-refractivity contribution in [1.82, 2.24) is 10.2 Å². The zero-order valence-corrected chi connectivity index (χ0v) is 19.9. The number of ether oxygens (including phenoxy) is 1. The van der Waals surface area contributed by atoms with Gasteiger partial charge in [0.05, 0.1) is 19.1 Å². The van der Waals surface area contributed by atoms with Crippen molar-refractivity contribution in [2.45, 2.75) is 32.6 Å². The van der Waals surface area contributed by atoms with E-state index in [0.29, 0.717) is 29.8 Å². The maximum absolute atomic E-state index is 13.6. The van der Waals surface area contributed by atoms with Crippen molar-refractivity contribution >= 4 is 12.0 Å². The molecule has 0 aliphatic carbocycles. The molecule has 0 aromatic heterocycles. The summed E-state index contributed by atoms with van der Waals surface area (Å²) < 4.78 is 46.2. The average Bonchev–Trinajstić information content (AvgIpc) is 2.85. The third-order valence-corrected chi connectivity index (χ3v) is 5.70. The van der Waals surface area contributed by atoms with Crippen LogP contribution in [-0.4, -0.2) is 35.7 Å². The van der Waals surface area contributed by atoms with Crippen LogP contribution in [0.25, 0.3) is 11.1 Å². The van der Waals surface area contributed by atoms with Crippen molar-refractivity contribution in [2.24, 2.45) is 0 Å². The van der Waals surface area contributed by atoms with Crippen LogP contribution in [0, 0.1) is 0 Å². The van der Waals surface area contributed by atoms with Gasteiger partial charge in [0.2, 0.25) is 0 Å². The number of alkyl halides is 3. The molecule has 0 unspecified atom stereocenters. The summed E-state index contributed by atoms with van der Waals surface area (Å²) >= 11 is 0. The standard InChI is InChI=1S/C27H27F3N2O4/c1-3-32(26(35)31-16-18-9-5-4-6-10-18)17-19-11-7-8-12-21(19)22-13-20(14-25(33)34)23(27(28,29)30)15-24(22)36-2/h4-13,15H,3,14,16-17H2,1-2H3,(H,31,35)(H,33,34). The second kappa shape index (κ2) is 11.6. The van der Waals surface area contributed by atoms with Crippen molar-refractivity contribution < 1.29 is 32.6 Å². The van der Waals surface area contributed by atoms with E-state index in [1.807, 2.05) is 37.3 Å². The first-order valence-corrected chi connectivity index (χ1v) is 11.3. The number of methoxy groups -OCH3 is 1. The lowest BCUT2D eigenvalue weighted by Gasteiger charge is -2.24. The molecular weight excluding hydrogens is 473 g/mol. The Balaban J connectivity index is 1.96. The predicted molar refractivity (Wildman–Crippen MR) is 130 cm³/mol. The third kappa shape index (κ3) is 6.56. The topological polar surface area (TPSA) is 78.9 Å². The number of carboxylic acids is 1. The van der Waals surface area contributed by atoms with Crippen molar-refractivity contribution in [3.8, 4) is 16.9 Å². The van der Waals surface area contributed by atoms with Gasteiger partial charge < -0.3 is 20.1 Å². The molecule has 0 atom stereocenters. The van der Waals surface area contributed by atoms with Gasteiger partial charge in [-0.15, -0.1) is 0 Å². The van der Waals surface area contributed by atoms with Gasteiger partial charge in [-0.3, -0.25) is 4.79 Å². The van der Waals surface area contributed by atoms with Crippen LogP contribution < -0.4 is 10.1 Å². The fourth-order valence-electron chi connectivity index (χ4n) is 3.92. The lowest BCUT2D eigenvalue weighted by atomic mass is 9.93. The van der Waals surface area contributed by atoms with Crippen molar-refractivity contribution in [3.63, 3.8) is 0 Å². The van der Waals surface area contributed by atoms with E-state index in [0.717, 1.165) is 11.6 Å². The molecule has 0 saturated carbocycles. The van der Waals surface area contributed by atoms with Gasteiger partial charge in [0.25, 0.3) is 0 Å². The highest BCUT2D eigenvalue weighted by Crippen LogP contribution is 2.41. The first-order chi connectivity index (χ1) is 17.1. The SMILES string of the molecule is CCN(Cc1ccccc1-c1cc(CC(=O)O)c(C(F)(F)F)cc1OC)C(=O)NCc1ccccc1. The molecule has 0 saturated heterocycles. The quantitative estimate of drug-likeness (QED) is 0.393. The molecule has 0 spiro atoms. The maximum Gasteiger partial charge on any atom is 0.416 e. The van der Waals surface area contributed by atoms with E-state index in [1.54, 1.807) is 29.2 Å². The number of benzene rings is 3. The lowest BCUT2D eigenvalue weighted by Crippen LogP contribution is -2.39. The fraction of sp³-hybridized carbons (Fsp3) is 0.259. The van der Waals surface area contributed by atoms with Gasteiger partial charge in [0, 0.05) is 25.2 Å². The average molecular weight is 501 g/mol. The Kier molecular flexibility index (Phi) is 8.58. The number of nitrogens with zero attached hydrogens (tertiary/aromatic N) is 1. The number of hydrogen-bond donors (Lipinski definition) is 2. The van der Waals surface area contributed by atoms with Crippen molar-refractivity contribution in [1.29, 1.82) is 0 Å². The Morgan fingerprint density at radius 2 is 1.64 bits per heavy atom. The minimum atomic E-state index is -4.74. The third-order valence-electron chi connectivity index (χ3n) is 5.70. The van der Waals surface area contributed by atoms with Crippen LogP contribution in [0.3, 0.4) is 0 Å². The lowest BCUT2D eigenvalue weighted by molar-refractivity contribution is -0.139. The summed E-state index contributed by atoms with van der Waals surface area (Å²) in [6.45, 7) is 2.76. The van der Waals surface area contributed by atoms with Crippen LogP contribution in [0.15, 0.2) is 66.7 Å². The summed E-state index contributed by atoms with van der Waals surface area (Å²) in [7, 11) is 1.26. The summed E-state index contributed by atoms with van der Waals surface area (Å²) in [5.41, 5.74) is 1.06. The predicted octanol–water partition coefficient (Wildman–Crippen LogP) is 5.74. The van der Waals surface area contributed by atoms with E-state index in [2.05, 4.69) is 5.32 Å². The van der Waals surface area contributed by atoms with Crippen LogP contribution in [0.1, 0.15) is 29.2 Å². The molecule has 0 aliphatic rings. The molecule has 9 heteroatoms. The molecule has 0 aliphatic heterocycles. The van der Waals surface area contributed by atoms with Crippen LogP contribution in [0.4, 0.5) is 18.0 Å². The summed E-state index contributed by atoms with van der Waals surface area (Å²) in [5.74, 6) is -1.42. The van der Waals surface area contributed by atoms with Gasteiger partial charge in [0.15, 0.2) is 0 Å². The van der Waals surface area contributed by atoms with Gasteiger partial charge in [-0.1, -0.05) is 54.6 Å². The number of halogens is 3. The van der Waals surface area contributed by atoms with Gasteiger partial charge in [-0.05, 0) is 41.3 Å². The number of carbonyl (C=O) groups is 2. The molecule has 190 valence electrons. The molecule has 0 heterocycles. The number of aliphatic carboxylic acids is 1. The Bertz CT molecular complexity index is 1210. The first kappa shape index (κ1) is 26.6. The number of rotatable bonds is 9. The number of carbonyl (C=O) groups excluding carboxylic acids is 1. The zero-order valence-electron chi connectivity index (χ0n) is 19.9. The Morgan fingerprint density at radius 1 is 0.972 bits per heavy atom. The summed E-state index contributed by atoms with van der Waals surface area (Å²) in [6.07, 6.45) is -5.54. The van der Waals surface area contributed by atoms with E-state index in [1.165, 1.54) is 13.2 Å². The minimum absolute atomic E-state index is 0.0412. The summed E-state index contributed by atoms with van der Waals surface area (Å²) in [5, 5.41) is 12.1. The molecule has 3 aromatic rings. The molecule has 36 heavy (non-hydrogen) atoms. The number of hydrogen-bond acceptors (Lipinski definition) is 3. The van der Waals surface area contributed by atoms with E-state index < -0.39 is 24.1 Å². The smallest absolute Gasteiger partial charge is 0.416 e. The number of amides is 2. The Hall–Kier alpha value is -4.01. The molecule has 2 amide bonds. The molecule has 3 rings (SSSR count). The van der Waals surface area contributed by atoms with E-state index >= 15 is 0 Å². The molecule has 6 nitrogen and oxygen atoms in total. The van der Waals surface area contributed by atoms with Gasteiger partial charge in [0.1, 0.15) is 5.75 Å². The molecular formula is C27H27F3N2O4. The maximum atomic E-state index is 13.6. The van der Waals surface area contributed by atoms with E-state index in [9.17, 15) is 27.9 Å². The van der Waals surface area contributed by atoms with Crippen molar-refractivity contribution in [2.75, 3.05) is 13.7 Å². The Morgan fingerprint density at radius 3 is 2.25 bits per heavy atom. The first-order valence-electron chi connectivity index (χ1n) is 11.3. The van der Waals surface area contributed by atoms with E-state index in [-0.39, 0.29) is 23.9 Å². The summed E-state index contributed by atoms with van der Waals surface area (Å²) in [4.78, 5) is 25.7. The number of carboxylic acid groups (broad SMARTS) is 1. The van der Waals surface area contributed by atoms with Crippen LogP contribution in [0.5, 0.6) is 5.75 Å². The molecule has 2 N–H and O–H groups in total. The summed E-state index contributed by atoms with van der Waals surface area (Å²) in [6, 6.07) is 18.2. The van der Waals surface area contributed by atoms with Gasteiger partial charge >= 0.3 is 18.2 Å². The van der Waals surface area contributed by atoms with Crippen LogP contribution in [0.2, 0.25) is 0 Å². The molecule has 0 radical (unpaired) electrons. The zero-order chi connectivity index (χ0) is 26.3. The van der Waals surface area contributed by atoms with Crippen LogP contribution >= 0.6 is 0 Å². The second-order valence-electron chi connectivity index (χ2n) is 8.09. The number of nitrogens with one attached hydrogen (secondary N) is 1. The second-order valence-corrected chi connectivity index (χ2v) is 8.09. The van der Waals surface area contributed by atoms with Crippen LogP contribution in [-0.2, 0) is 30.5 Å².